The third kappa shape index (κ3) is 13.4. The lowest BCUT2D eigenvalue weighted by Gasteiger charge is -2.30. The molecule has 0 amide bonds. The molecule has 0 radical (unpaired) electrons. The van der Waals surface area contributed by atoms with Crippen LogP contribution in [0, 0.1) is 0 Å². The van der Waals surface area contributed by atoms with Crippen LogP contribution in [0.5, 0.6) is 5.75 Å². The molecule has 0 aliphatic heterocycles. The first kappa shape index (κ1) is 28.9. The van der Waals surface area contributed by atoms with Crippen molar-refractivity contribution in [1.82, 2.24) is 0 Å². The molecule has 0 saturated heterocycles. The van der Waals surface area contributed by atoms with E-state index in [0.717, 1.165) is 42.6 Å². The molecule has 2 aromatic rings. The summed E-state index contributed by atoms with van der Waals surface area (Å²) in [6, 6.07) is 18.9. The number of esters is 1. The molecule has 0 heterocycles. The van der Waals surface area contributed by atoms with Crippen molar-refractivity contribution < 1.29 is 18.8 Å². The molecule has 1 unspecified atom stereocenters. The third-order valence-corrected chi connectivity index (χ3v) is 6.38. The fraction of sp³-hybridized carbons (Fsp3) is 0.581. The second-order valence-electron chi connectivity index (χ2n) is 10.5. The highest BCUT2D eigenvalue weighted by Crippen LogP contribution is 2.18. The first-order valence-corrected chi connectivity index (χ1v) is 13.6. The minimum atomic E-state index is -0.162. The number of benzene rings is 2. The lowest BCUT2D eigenvalue weighted by molar-refractivity contribution is -0.903. The van der Waals surface area contributed by atoms with Gasteiger partial charge in [-0.1, -0.05) is 81.5 Å². The maximum absolute atomic E-state index is 12.2. The van der Waals surface area contributed by atoms with Crippen LogP contribution in [-0.4, -0.2) is 43.8 Å². The number of unbranched alkanes of at least 4 members (excludes halogenated alkanes) is 6. The second-order valence-corrected chi connectivity index (χ2v) is 10.5. The molecule has 0 spiro atoms. The van der Waals surface area contributed by atoms with Crippen LogP contribution >= 0.6 is 0 Å². The number of carbonyl (C=O) groups is 1. The van der Waals surface area contributed by atoms with Gasteiger partial charge in [0.1, 0.15) is 25.0 Å². The minimum Gasteiger partial charge on any atom is -0.487 e. The van der Waals surface area contributed by atoms with Crippen LogP contribution in [0.25, 0.3) is 0 Å². The molecule has 0 N–H and O–H groups in total. The van der Waals surface area contributed by atoms with Crippen molar-refractivity contribution in [2.24, 2.45) is 0 Å². The predicted molar refractivity (Wildman–Crippen MR) is 146 cm³/mol. The molecule has 1 atom stereocenters. The highest BCUT2D eigenvalue weighted by atomic mass is 16.6. The van der Waals surface area contributed by atoms with E-state index in [1.165, 1.54) is 49.7 Å². The molecule has 4 heteroatoms. The highest BCUT2D eigenvalue weighted by molar-refractivity contribution is 5.69. The van der Waals surface area contributed by atoms with Crippen molar-refractivity contribution in [1.29, 1.82) is 0 Å². The van der Waals surface area contributed by atoms with Gasteiger partial charge in [-0.25, -0.2) is 0 Å². The lowest BCUT2D eigenvalue weighted by Crippen LogP contribution is -2.39. The minimum absolute atomic E-state index is 0.134. The van der Waals surface area contributed by atoms with Gasteiger partial charge >= 0.3 is 5.97 Å². The van der Waals surface area contributed by atoms with E-state index in [1.54, 1.807) is 0 Å². The Kier molecular flexibility index (Phi) is 13.5. The van der Waals surface area contributed by atoms with Crippen molar-refractivity contribution in [3.05, 3.63) is 65.7 Å². The molecular formula is C31H48NO3+. The Morgan fingerprint density at radius 2 is 1.57 bits per heavy atom. The average molecular weight is 483 g/mol. The molecule has 0 aliphatic carbocycles. The molecule has 0 aliphatic rings. The van der Waals surface area contributed by atoms with Crippen LogP contribution in [0.1, 0.15) is 82.8 Å². The van der Waals surface area contributed by atoms with Gasteiger partial charge in [0.25, 0.3) is 0 Å². The maximum atomic E-state index is 12.2. The first-order valence-electron chi connectivity index (χ1n) is 13.6. The lowest BCUT2D eigenvalue weighted by atomic mass is 10.0. The Hall–Kier alpha value is -2.33. The number of hydrogen-bond acceptors (Lipinski definition) is 3. The zero-order valence-corrected chi connectivity index (χ0v) is 22.6. The van der Waals surface area contributed by atoms with Crippen molar-refractivity contribution >= 4 is 5.97 Å². The number of quaternary nitrogens is 1. The molecule has 35 heavy (non-hydrogen) atoms. The first-order chi connectivity index (χ1) is 16.9. The van der Waals surface area contributed by atoms with Gasteiger partial charge in [-0.05, 0) is 50.3 Å². The Bertz CT molecular complexity index is 834. The molecule has 2 aromatic carbocycles. The summed E-state index contributed by atoms with van der Waals surface area (Å²) >= 11 is 0. The van der Waals surface area contributed by atoms with Gasteiger partial charge in [0.2, 0.25) is 0 Å². The van der Waals surface area contributed by atoms with E-state index in [9.17, 15) is 4.79 Å². The second kappa shape index (κ2) is 16.4. The maximum Gasteiger partial charge on any atom is 0.305 e. The van der Waals surface area contributed by atoms with Crippen LogP contribution in [0.3, 0.4) is 0 Å². The largest absolute Gasteiger partial charge is 0.487 e. The van der Waals surface area contributed by atoms with Crippen LogP contribution in [-0.2, 0) is 22.5 Å². The number of aryl methyl sites for hydroxylation is 1. The fourth-order valence-corrected chi connectivity index (χ4v) is 4.40. The van der Waals surface area contributed by atoms with Gasteiger partial charge < -0.3 is 14.0 Å². The summed E-state index contributed by atoms with van der Waals surface area (Å²) < 4.78 is 12.4. The molecule has 0 fully saturated rings. The van der Waals surface area contributed by atoms with Gasteiger partial charge in [0, 0.05) is 12.0 Å². The standard InChI is InChI=1S/C31H48NO3/c1-5-6-7-8-9-11-17-28-20-16-21-30(24-28)35-27(2)26-34-31(33)22-14-15-23-32(3,4)25-29-18-12-10-13-19-29/h10,12-13,16,18-21,24,27H,5-9,11,14-15,17,22-23,25-26H2,1-4H3/q+1. The van der Waals surface area contributed by atoms with E-state index in [0.29, 0.717) is 6.42 Å². The van der Waals surface area contributed by atoms with Crippen molar-refractivity contribution in [3.63, 3.8) is 0 Å². The molecule has 0 aromatic heterocycles. The quantitative estimate of drug-likeness (QED) is 0.127. The molecule has 4 nitrogen and oxygen atoms in total. The van der Waals surface area contributed by atoms with Gasteiger partial charge in [0.15, 0.2) is 0 Å². The summed E-state index contributed by atoms with van der Waals surface area (Å²) in [5.41, 5.74) is 2.66. The zero-order valence-electron chi connectivity index (χ0n) is 22.6. The van der Waals surface area contributed by atoms with Crippen molar-refractivity contribution in [2.75, 3.05) is 27.2 Å². The Balaban J connectivity index is 1.59. The molecule has 194 valence electrons. The summed E-state index contributed by atoms with van der Waals surface area (Å²) in [6.45, 7) is 6.53. The Morgan fingerprint density at radius 1 is 0.857 bits per heavy atom. The Morgan fingerprint density at radius 3 is 2.34 bits per heavy atom. The summed E-state index contributed by atoms with van der Waals surface area (Å²) in [5, 5.41) is 0. The van der Waals surface area contributed by atoms with Crippen LogP contribution in [0.4, 0.5) is 0 Å². The molecule has 2 rings (SSSR count). The normalized spacial score (nSPS) is 12.3. The third-order valence-electron chi connectivity index (χ3n) is 6.38. The van der Waals surface area contributed by atoms with E-state index in [1.807, 2.05) is 13.0 Å². The zero-order chi connectivity index (χ0) is 25.4. The summed E-state index contributed by atoms with van der Waals surface area (Å²) in [4.78, 5) is 12.2. The highest BCUT2D eigenvalue weighted by Gasteiger charge is 2.16. The van der Waals surface area contributed by atoms with Crippen LogP contribution < -0.4 is 4.74 Å². The monoisotopic (exact) mass is 482 g/mol. The Labute approximate surface area is 214 Å². The van der Waals surface area contributed by atoms with Gasteiger partial charge in [-0.3, -0.25) is 4.79 Å². The van der Waals surface area contributed by atoms with E-state index >= 15 is 0 Å². The van der Waals surface area contributed by atoms with Crippen molar-refractivity contribution in [3.8, 4) is 5.75 Å². The van der Waals surface area contributed by atoms with Crippen LogP contribution in [0.2, 0.25) is 0 Å². The van der Waals surface area contributed by atoms with E-state index in [-0.39, 0.29) is 18.7 Å². The number of nitrogens with zero attached hydrogens (tertiary/aromatic N) is 1. The molecule has 0 bridgehead atoms. The smallest absolute Gasteiger partial charge is 0.305 e. The topological polar surface area (TPSA) is 35.5 Å². The van der Waals surface area contributed by atoms with Gasteiger partial charge in [0.05, 0.1) is 20.6 Å². The number of ether oxygens (including phenoxy) is 2. The fourth-order valence-electron chi connectivity index (χ4n) is 4.40. The van der Waals surface area contributed by atoms with Gasteiger partial charge in [-0.15, -0.1) is 0 Å². The summed E-state index contributed by atoms with van der Waals surface area (Å²) in [7, 11) is 4.49. The van der Waals surface area contributed by atoms with E-state index in [2.05, 4.69) is 69.6 Å². The molecular weight excluding hydrogens is 434 g/mol. The predicted octanol–water partition coefficient (Wildman–Crippen LogP) is 7.35. The van der Waals surface area contributed by atoms with Gasteiger partial charge in [-0.2, -0.15) is 0 Å². The number of rotatable bonds is 18. The molecule has 0 saturated carbocycles. The van der Waals surface area contributed by atoms with Crippen LogP contribution in [0.15, 0.2) is 54.6 Å². The SMILES string of the molecule is CCCCCCCCc1cccc(OC(C)COC(=O)CCCC[N+](C)(C)Cc2ccccc2)c1. The number of hydrogen-bond donors (Lipinski definition) is 0. The van der Waals surface area contributed by atoms with E-state index in [4.69, 9.17) is 9.47 Å². The summed E-state index contributed by atoms with van der Waals surface area (Å²) in [5.74, 6) is 0.723. The van der Waals surface area contributed by atoms with E-state index < -0.39 is 0 Å². The number of carbonyl (C=O) groups excluding carboxylic acids is 1. The van der Waals surface area contributed by atoms with Crippen molar-refractivity contribution in [2.45, 2.75) is 90.7 Å². The summed E-state index contributed by atoms with van der Waals surface area (Å²) in [6.07, 6.45) is 11.1. The average Bonchev–Trinajstić information content (AvgIpc) is 2.83.